The lowest BCUT2D eigenvalue weighted by molar-refractivity contribution is 0.191. The Morgan fingerprint density at radius 3 is 2.61 bits per heavy atom. The van der Waals surface area contributed by atoms with Gasteiger partial charge in [-0.2, -0.15) is 0 Å². The first-order valence-electron chi connectivity index (χ1n) is 9.42. The van der Waals surface area contributed by atoms with Crippen LogP contribution in [0.2, 0.25) is 0 Å². The first-order chi connectivity index (χ1) is 13.5. The normalized spacial score (nSPS) is 12.0. The van der Waals surface area contributed by atoms with Crippen LogP contribution in [0.3, 0.4) is 0 Å². The fraction of sp³-hybridized carbons (Fsp3) is 0.429. The molecule has 0 amide bonds. The van der Waals surface area contributed by atoms with Crippen LogP contribution in [0.4, 0.5) is 4.39 Å². The highest BCUT2D eigenvalue weighted by Crippen LogP contribution is 2.37. The molecule has 0 saturated carbocycles. The molecule has 2 aromatic carbocycles. The van der Waals surface area contributed by atoms with Crippen molar-refractivity contribution in [2.24, 2.45) is 0 Å². The Balaban J connectivity index is 1.97. The fourth-order valence-electron chi connectivity index (χ4n) is 2.61. The summed E-state index contributed by atoms with van der Waals surface area (Å²) < 4.78 is 26.2. The van der Waals surface area contributed by atoms with E-state index in [0.717, 1.165) is 23.1 Å². The van der Waals surface area contributed by atoms with E-state index in [9.17, 15) is 9.50 Å². The molecule has 0 aromatic heterocycles. The monoisotopic (exact) mass is 454 g/mol. The van der Waals surface area contributed by atoms with E-state index in [-0.39, 0.29) is 18.5 Å². The van der Waals surface area contributed by atoms with Crippen molar-refractivity contribution in [3.63, 3.8) is 0 Å². The van der Waals surface area contributed by atoms with Gasteiger partial charge < -0.3 is 25.2 Å². The number of benzene rings is 2. The smallest absolute Gasteiger partial charge is 0.175 e. The van der Waals surface area contributed by atoms with Crippen molar-refractivity contribution < 1.29 is 19.0 Å². The van der Waals surface area contributed by atoms with Crippen molar-refractivity contribution in [1.29, 1.82) is 0 Å². The van der Waals surface area contributed by atoms with Crippen molar-refractivity contribution in [2.45, 2.75) is 33.1 Å². The highest BCUT2D eigenvalue weighted by Gasteiger charge is 2.13. The molecule has 0 spiro atoms. The van der Waals surface area contributed by atoms with Gasteiger partial charge in [0.2, 0.25) is 0 Å². The third kappa shape index (κ3) is 7.39. The van der Waals surface area contributed by atoms with Gasteiger partial charge in [-0.3, -0.25) is 0 Å². The Morgan fingerprint density at radius 1 is 1.14 bits per heavy atom. The first-order valence-corrected chi connectivity index (χ1v) is 10.2. The zero-order chi connectivity index (χ0) is 20.4. The summed E-state index contributed by atoms with van der Waals surface area (Å²) >= 11 is 3.54. The maximum atomic E-state index is 13.8. The average Bonchev–Trinajstić information content (AvgIpc) is 2.65. The van der Waals surface area contributed by atoms with Crippen LogP contribution in [0.25, 0.3) is 0 Å². The number of ether oxygens (including phenoxy) is 2. The van der Waals surface area contributed by atoms with Gasteiger partial charge in [0.25, 0.3) is 0 Å². The summed E-state index contributed by atoms with van der Waals surface area (Å²) in [7, 11) is 0. The number of aliphatic hydroxyl groups is 1. The van der Waals surface area contributed by atoms with Crippen molar-refractivity contribution in [3.05, 3.63) is 57.8 Å². The molecular weight excluding hydrogens is 427 g/mol. The quantitative estimate of drug-likeness (QED) is 0.427. The van der Waals surface area contributed by atoms with Crippen molar-refractivity contribution in [3.8, 4) is 11.5 Å². The second kappa shape index (κ2) is 12.0. The number of hydrogen-bond donors (Lipinski definition) is 3. The predicted octanol–water partition coefficient (Wildman–Crippen LogP) is 3.63. The van der Waals surface area contributed by atoms with Crippen molar-refractivity contribution in [1.82, 2.24) is 10.6 Å². The molecule has 1 atom stereocenters. The van der Waals surface area contributed by atoms with Gasteiger partial charge in [-0.25, -0.2) is 4.39 Å². The van der Waals surface area contributed by atoms with E-state index >= 15 is 0 Å². The van der Waals surface area contributed by atoms with Crippen LogP contribution in [0.5, 0.6) is 11.5 Å². The molecule has 3 N–H and O–H groups in total. The summed E-state index contributed by atoms with van der Waals surface area (Å²) in [4.78, 5) is 0. The highest BCUT2D eigenvalue weighted by atomic mass is 79.9. The lowest BCUT2D eigenvalue weighted by Crippen LogP contribution is -2.31. The van der Waals surface area contributed by atoms with Crippen LogP contribution in [-0.2, 0) is 13.2 Å². The molecule has 28 heavy (non-hydrogen) atoms. The zero-order valence-electron chi connectivity index (χ0n) is 16.3. The standard InChI is InChI=1S/C21H28BrFN2O3/c1-3-27-20-11-16(13-25-9-8-24-12-15(2)26)10-18(22)21(20)28-14-17-6-4-5-7-19(17)23/h4-7,10-11,15,24-26H,3,8-9,12-14H2,1-2H3/t15-/m0/s1. The molecule has 0 fully saturated rings. The number of rotatable bonds is 12. The van der Waals surface area contributed by atoms with Gasteiger partial charge in [-0.05, 0) is 53.5 Å². The minimum absolute atomic E-state index is 0.123. The van der Waals surface area contributed by atoms with Crippen LogP contribution < -0.4 is 20.1 Å². The fourth-order valence-corrected chi connectivity index (χ4v) is 3.22. The molecule has 2 rings (SSSR count). The maximum Gasteiger partial charge on any atom is 0.175 e. The van der Waals surface area contributed by atoms with Gasteiger partial charge in [0.05, 0.1) is 17.2 Å². The lowest BCUT2D eigenvalue weighted by atomic mass is 10.2. The third-order valence-electron chi connectivity index (χ3n) is 3.95. The molecule has 0 aliphatic carbocycles. The van der Waals surface area contributed by atoms with E-state index in [2.05, 4.69) is 26.6 Å². The van der Waals surface area contributed by atoms with Gasteiger partial charge in [-0.1, -0.05) is 18.2 Å². The van der Waals surface area contributed by atoms with Crippen molar-refractivity contribution >= 4 is 15.9 Å². The molecule has 2 aromatic rings. The largest absolute Gasteiger partial charge is 0.490 e. The third-order valence-corrected chi connectivity index (χ3v) is 4.54. The van der Waals surface area contributed by atoms with Gasteiger partial charge in [0, 0.05) is 31.7 Å². The van der Waals surface area contributed by atoms with E-state index in [1.807, 2.05) is 19.1 Å². The summed E-state index contributed by atoms with van der Waals surface area (Å²) in [6.45, 7) is 7.09. The van der Waals surface area contributed by atoms with Gasteiger partial charge in [0.1, 0.15) is 12.4 Å². The van der Waals surface area contributed by atoms with E-state index < -0.39 is 0 Å². The molecule has 0 aliphatic heterocycles. The second-order valence-electron chi connectivity index (χ2n) is 6.45. The predicted molar refractivity (Wildman–Crippen MR) is 112 cm³/mol. The number of aliphatic hydroxyl groups excluding tert-OH is 1. The van der Waals surface area contributed by atoms with E-state index in [1.165, 1.54) is 6.07 Å². The number of hydrogen-bond acceptors (Lipinski definition) is 5. The summed E-state index contributed by atoms with van der Waals surface area (Å²) in [6, 6.07) is 10.5. The van der Waals surface area contributed by atoms with Crippen LogP contribution >= 0.6 is 15.9 Å². The molecular formula is C21H28BrFN2O3. The topological polar surface area (TPSA) is 62.8 Å². The molecule has 0 unspecified atom stereocenters. The Labute approximate surface area is 174 Å². The first kappa shape index (κ1) is 22.6. The second-order valence-corrected chi connectivity index (χ2v) is 7.30. The van der Waals surface area contributed by atoms with Crippen LogP contribution in [0.1, 0.15) is 25.0 Å². The Bertz CT molecular complexity index is 744. The molecule has 5 nitrogen and oxygen atoms in total. The molecule has 0 saturated heterocycles. The molecule has 0 radical (unpaired) electrons. The minimum atomic E-state index is -0.346. The zero-order valence-corrected chi connectivity index (χ0v) is 17.9. The molecule has 0 bridgehead atoms. The Hall–Kier alpha value is -1.67. The SMILES string of the molecule is CCOc1cc(CNCCNC[C@H](C)O)cc(Br)c1OCc1ccccc1F. The number of nitrogens with one attached hydrogen (secondary N) is 2. The lowest BCUT2D eigenvalue weighted by Gasteiger charge is -2.16. The van der Waals surface area contributed by atoms with Crippen LogP contribution in [0.15, 0.2) is 40.9 Å². The molecule has 0 heterocycles. The molecule has 0 aliphatic rings. The van der Waals surface area contributed by atoms with Gasteiger partial charge >= 0.3 is 0 Å². The van der Waals surface area contributed by atoms with E-state index in [4.69, 9.17) is 9.47 Å². The summed E-state index contributed by atoms with van der Waals surface area (Å²) in [6.07, 6.45) is -0.346. The molecule has 154 valence electrons. The van der Waals surface area contributed by atoms with E-state index in [0.29, 0.717) is 36.8 Å². The van der Waals surface area contributed by atoms with Gasteiger partial charge in [-0.15, -0.1) is 0 Å². The van der Waals surface area contributed by atoms with Crippen LogP contribution in [-0.4, -0.2) is 37.5 Å². The summed E-state index contributed by atoms with van der Waals surface area (Å²) in [5, 5.41) is 15.7. The minimum Gasteiger partial charge on any atom is -0.490 e. The maximum absolute atomic E-state index is 13.8. The number of halogens is 2. The average molecular weight is 455 g/mol. The molecule has 7 heteroatoms. The van der Waals surface area contributed by atoms with Crippen molar-refractivity contribution in [2.75, 3.05) is 26.2 Å². The van der Waals surface area contributed by atoms with Crippen LogP contribution in [0, 0.1) is 5.82 Å². The van der Waals surface area contributed by atoms with Gasteiger partial charge in [0.15, 0.2) is 11.5 Å². The Morgan fingerprint density at radius 2 is 1.89 bits per heavy atom. The highest BCUT2D eigenvalue weighted by molar-refractivity contribution is 9.10. The Kier molecular flexibility index (Phi) is 9.70. The van der Waals surface area contributed by atoms with E-state index in [1.54, 1.807) is 25.1 Å². The summed E-state index contributed by atoms with van der Waals surface area (Å²) in [5.41, 5.74) is 1.54. The summed E-state index contributed by atoms with van der Waals surface area (Å²) in [5.74, 6) is 0.895.